The molecule has 0 amide bonds. The van der Waals surface area contributed by atoms with E-state index in [2.05, 4.69) is 37.6 Å². The van der Waals surface area contributed by atoms with Crippen molar-refractivity contribution in [2.24, 2.45) is 0 Å². The molecule has 1 N–H and O–H groups in total. The summed E-state index contributed by atoms with van der Waals surface area (Å²) in [5.74, 6) is 0. The Balaban J connectivity index is 1.95. The van der Waals surface area contributed by atoms with Gasteiger partial charge in [-0.25, -0.2) is 0 Å². The van der Waals surface area contributed by atoms with Crippen molar-refractivity contribution < 1.29 is 4.74 Å². The van der Waals surface area contributed by atoms with Crippen LogP contribution >= 0.6 is 28.1 Å². The summed E-state index contributed by atoms with van der Waals surface area (Å²) in [5.41, 5.74) is 2.22. The van der Waals surface area contributed by atoms with Gasteiger partial charge in [-0.1, -0.05) is 15.9 Å². The number of aromatic amines is 1. The first-order valence-electron chi connectivity index (χ1n) is 6.24. The lowest BCUT2D eigenvalue weighted by Gasteiger charge is -2.23. The number of H-pyrrole nitrogens is 1. The molecule has 1 aliphatic rings. The first-order chi connectivity index (χ1) is 8.74. The lowest BCUT2D eigenvalue weighted by Crippen LogP contribution is -2.24. The second kappa shape index (κ2) is 5.15. The maximum atomic E-state index is 5.79. The van der Waals surface area contributed by atoms with Crippen molar-refractivity contribution in [2.75, 3.05) is 6.61 Å². The molecule has 3 nitrogen and oxygen atoms in total. The van der Waals surface area contributed by atoms with Crippen LogP contribution in [0.2, 0.25) is 0 Å². The summed E-state index contributed by atoms with van der Waals surface area (Å²) < 4.78 is 9.77. The Morgan fingerprint density at radius 1 is 1.44 bits per heavy atom. The molecular weight excluding hydrogens is 312 g/mol. The van der Waals surface area contributed by atoms with Gasteiger partial charge in [0.25, 0.3) is 0 Å². The largest absolute Gasteiger partial charge is 0.376 e. The summed E-state index contributed by atoms with van der Waals surface area (Å²) in [5, 5.41) is 0. The molecule has 0 spiro atoms. The van der Waals surface area contributed by atoms with Crippen LogP contribution in [0.3, 0.4) is 0 Å². The third-order valence-electron chi connectivity index (χ3n) is 3.40. The van der Waals surface area contributed by atoms with Crippen molar-refractivity contribution in [3.05, 3.63) is 27.4 Å². The zero-order valence-corrected chi connectivity index (χ0v) is 12.4. The molecular formula is C13H15BrN2OS. The van der Waals surface area contributed by atoms with E-state index in [1.54, 1.807) is 0 Å². The maximum absolute atomic E-state index is 5.79. The highest BCUT2D eigenvalue weighted by atomic mass is 79.9. The van der Waals surface area contributed by atoms with Crippen molar-refractivity contribution in [2.45, 2.75) is 31.9 Å². The molecule has 1 aliphatic heterocycles. The van der Waals surface area contributed by atoms with E-state index >= 15 is 0 Å². The summed E-state index contributed by atoms with van der Waals surface area (Å²) >= 11 is 8.88. The molecule has 18 heavy (non-hydrogen) atoms. The van der Waals surface area contributed by atoms with E-state index in [-0.39, 0.29) is 0 Å². The van der Waals surface area contributed by atoms with Crippen LogP contribution in [-0.2, 0) is 11.3 Å². The lowest BCUT2D eigenvalue weighted by molar-refractivity contribution is 0.00641. The van der Waals surface area contributed by atoms with Gasteiger partial charge in [-0.05, 0) is 49.7 Å². The molecule has 0 aliphatic carbocycles. The zero-order chi connectivity index (χ0) is 12.5. The molecule has 0 saturated carbocycles. The molecule has 5 heteroatoms. The van der Waals surface area contributed by atoms with Crippen LogP contribution in [-0.4, -0.2) is 22.3 Å². The van der Waals surface area contributed by atoms with Gasteiger partial charge in [0.2, 0.25) is 0 Å². The van der Waals surface area contributed by atoms with E-state index in [9.17, 15) is 0 Å². The number of benzene rings is 1. The predicted molar refractivity (Wildman–Crippen MR) is 78.4 cm³/mol. The van der Waals surface area contributed by atoms with Crippen molar-refractivity contribution in [1.82, 2.24) is 9.55 Å². The number of nitrogens with zero attached hydrogens (tertiary/aromatic N) is 1. The molecule has 1 saturated heterocycles. The number of aromatic nitrogens is 2. The minimum absolute atomic E-state index is 0.299. The summed E-state index contributed by atoms with van der Waals surface area (Å²) in [6.45, 7) is 1.73. The van der Waals surface area contributed by atoms with Gasteiger partial charge in [-0.2, -0.15) is 0 Å². The van der Waals surface area contributed by atoms with Gasteiger partial charge in [-0.15, -0.1) is 0 Å². The summed E-state index contributed by atoms with van der Waals surface area (Å²) in [6.07, 6.45) is 3.87. The average Bonchev–Trinajstić information content (AvgIpc) is 2.66. The molecule has 2 aromatic rings. The van der Waals surface area contributed by atoms with E-state index in [0.717, 1.165) is 39.8 Å². The number of imidazole rings is 1. The Morgan fingerprint density at radius 2 is 2.33 bits per heavy atom. The first-order valence-corrected chi connectivity index (χ1v) is 7.44. The van der Waals surface area contributed by atoms with E-state index in [1.165, 1.54) is 12.8 Å². The molecule has 1 atom stereocenters. The van der Waals surface area contributed by atoms with Gasteiger partial charge < -0.3 is 14.3 Å². The molecule has 1 unspecified atom stereocenters. The highest BCUT2D eigenvalue weighted by molar-refractivity contribution is 9.10. The number of rotatable bonds is 2. The Bertz CT molecular complexity index is 613. The molecule has 96 valence electrons. The Labute approximate surface area is 119 Å². The summed E-state index contributed by atoms with van der Waals surface area (Å²) in [7, 11) is 0. The van der Waals surface area contributed by atoms with E-state index in [0.29, 0.717) is 6.10 Å². The van der Waals surface area contributed by atoms with Gasteiger partial charge in [0.1, 0.15) is 0 Å². The fraction of sp³-hybridized carbons (Fsp3) is 0.462. The van der Waals surface area contributed by atoms with Crippen molar-refractivity contribution >= 4 is 39.2 Å². The molecule has 1 aromatic carbocycles. The van der Waals surface area contributed by atoms with E-state index in [4.69, 9.17) is 17.0 Å². The molecule has 1 aromatic heterocycles. The number of halogens is 1. The number of nitrogens with one attached hydrogen (secondary N) is 1. The van der Waals surface area contributed by atoms with Crippen LogP contribution in [0.25, 0.3) is 11.0 Å². The van der Waals surface area contributed by atoms with Gasteiger partial charge in [0, 0.05) is 11.1 Å². The number of hydrogen-bond acceptors (Lipinski definition) is 2. The van der Waals surface area contributed by atoms with Crippen molar-refractivity contribution in [3.63, 3.8) is 0 Å². The summed E-state index contributed by atoms with van der Waals surface area (Å²) in [4.78, 5) is 3.25. The molecule has 0 radical (unpaired) electrons. The predicted octanol–water partition coefficient (Wildman–Crippen LogP) is 4.03. The highest BCUT2D eigenvalue weighted by Gasteiger charge is 2.16. The van der Waals surface area contributed by atoms with Crippen LogP contribution < -0.4 is 0 Å². The maximum Gasteiger partial charge on any atom is 0.178 e. The number of hydrogen-bond donors (Lipinski definition) is 1. The van der Waals surface area contributed by atoms with Gasteiger partial charge >= 0.3 is 0 Å². The first kappa shape index (κ1) is 12.4. The smallest absolute Gasteiger partial charge is 0.178 e. The molecule has 0 bridgehead atoms. The molecule has 2 heterocycles. The van der Waals surface area contributed by atoms with E-state index < -0.39 is 0 Å². The normalized spacial score (nSPS) is 20.4. The van der Waals surface area contributed by atoms with Crippen LogP contribution in [0, 0.1) is 4.77 Å². The SMILES string of the molecule is S=c1[nH]c2cc(Br)ccc2n1CC1CCCCO1. The standard InChI is InChI=1S/C13H15BrN2OS/c14-9-4-5-12-11(7-9)15-13(18)16(12)8-10-3-1-2-6-17-10/h4-5,7,10H,1-3,6,8H2,(H,15,18). The second-order valence-corrected chi connectivity index (χ2v) is 5.99. The third-order valence-corrected chi connectivity index (χ3v) is 4.21. The molecule has 3 rings (SSSR count). The van der Waals surface area contributed by atoms with Crippen LogP contribution in [0.15, 0.2) is 22.7 Å². The Hall–Kier alpha value is -0.650. The van der Waals surface area contributed by atoms with Gasteiger partial charge in [-0.3, -0.25) is 0 Å². The Morgan fingerprint density at radius 3 is 3.11 bits per heavy atom. The average molecular weight is 327 g/mol. The minimum Gasteiger partial charge on any atom is -0.376 e. The quantitative estimate of drug-likeness (QED) is 0.844. The third kappa shape index (κ3) is 2.39. The number of fused-ring (bicyclic) bond motifs is 1. The van der Waals surface area contributed by atoms with Crippen molar-refractivity contribution in [3.8, 4) is 0 Å². The monoisotopic (exact) mass is 326 g/mol. The van der Waals surface area contributed by atoms with Crippen LogP contribution in [0.1, 0.15) is 19.3 Å². The van der Waals surface area contributed by atoms with Crippen LogP contribution in [0.5, 0.6) is 0 Å². The summed E-state index contributed by atoms with van der Waals surface area (Å²) in [6, 6.07) is 6.20. The van der Waals surface area contributed by atoms with Crippen LogP contribution in [0.4, 0.5) is 0 Å². The highest BCUT2D eigenvalue weighted by Crippen LogP contribution is 2.22. The van der Waals surface area contributed by atoms with Gasteiger partial charge in [0.05, 0.1) is 23.7 Å². The molecule has 1 fully saturated rings. The fourth-order valence-corrected chi connectivity index (χ4v) is 3.12. The fourth-order valence-electron chi connectivity index (χ4n) is 2.47. The van der Waals surface area contributed by atoms with Crippen molar-refractivity contribution in [1.29, 1.82) is 0 Å². The zero-order valence-electron chi connectivity index (χ0n) is 9.99. The minimum atomic E-state index is 0.299. The van der Waals surface area contributed by atoms with Gasteiger partial charge in [0.15, 0.2) is 4.77 Å². The number of ether oxygens (including phenoxy) is 1. The second-order valence-electron chi connectivity index (χ2n) is 4.69. The van der Waals surface area contributed by atoms with E-state index in [1.807, 2.05) is 6.07 Å². The Kier molecular flexibility index (Phi) is 3.54. The lowest BCUT2D eigenvalue weighted by atomic mass is 10.1. The topological polar surface area (TPSA) is 29.9 Å².